The molecule has 7 nitrogen and oxygen atoms in total. The maximum absolute atomic E-state index is 13.5. The number of hydrogen-bond acceptors (Lipinski definition) is 4. The van der Waals surface area contributed by atoms with Gasteiger partial charge in [0.15, 0.2) is 6.10 Å². The zero-order chi connectivity index (χ0) is 27.2. The molecule has 1 fully saturated rings. The Balaban J connectivity index is 1.49. The predicted octanol–water partition coefficient (Wildman–Crippen LogP) is 3.42. The van der Waals surface area contributed by atoms with E-state index < -0.39 is 41.6 Å². The lowest BCUT2D eigenvalue weighted by molar-refractivity contribution is -0.135. The first-order valence-electron chi connectivity index (χ1n) is 12.4. The molecule has 1 aliphatic heterocycles. The standard InChI is InChI=1S/C29H29F2N3O4/c1-17(32-29(38)26(35)20-14-21(30)16-22(31)15-20)27(36)34-25-23(18-8-4-2-5-9-18)12-13-24(33-28(25)37)19-10-6-3-7-11-19/h2-11,14-17,23-26,35H,12-13H2,1H3,(H,32,38)(H,33,37)(H,34,36)/t17-,23-,24-,25-,26+/m0/s1. The van der Waals surface area contributed by atoms with Crippen molar-refractivity contribution in [1.82, 2.24) is 16.0 Å². The van der Waals surface area contributed by atoms with Crippen molar-refractivity contribution in [3.8, 4) is 0 Å². The number of hydrogen-bond donors (Lipinski definition) is 4. The molecule has 0 aliphatic carbocycles. The van der Waals surface area contributed by atoms with Crippen molar-refractivity contribution in [2.45, 2.75) is 49.9 Å². The highest BCUT2D eigenvalue weighted by molar-refractivity contribution is 5.93. The summed E-state index contributed by atoms with van der Waals surface area (Å²) in [6, 6.07) is 19.0. The van der Waals surface area contributed by atoms with E-state index >= 15 is 0 Å². The number of carbonyl (C=O) groups is 3. The summed E-state index contributed by atoms with van der Waals surface area (Å²) >= 11 is 0. The number of aliphatic hydroxyl groups excluding tert-OH is 1. The minimum absolute atomic E-state index is 0.226. The Labute approximate surface area is 219 Å². The van der Waals surface area contributed by atoms with Crippen molar-refractivity contribution in [2.24, 2.45) is 0 Å². The second kappa shape index (κ2) is 12.0. The molecule has 4 rings (SSSR count). The van der Waals surface area contributed by atoms with Gasteiger partial charge in [-0.1, -0.05) is 60.7 Å². The van der Waals surface area contributed by atoms with Crippen molar-refractivity contribution >= 4 is 17.7 Å². The third-order valence-corrected chi connectivity index (χ3v) is 6.70. The molecule has 3 aromatic carbocycles. The summed E-state index contributed by atoms with van der Waals surface area (Å²) in [5.74, 6) is -4.22. The first-order valence-corrected chi connectivity index (χ1v) is 12.4. The maximum Gasteiger partial charge on any atom is 0.254 e. The van der Waals surface area contributed by atoms with Crippen molar-refractivity contribution in [3.05, 3.63) is 107 Å². The Hall–Kier alpha value is -4.11. The summed E-state index contributed by atoms with van der Waals surface area (Å²) in [7, 11) is 0. The molecule has 0 unspecified atom stereocenters. The van der Waals surface area contributed by atoms with E-state index in [0.29, 0.717) is 18.9 Å². The summed E-state index contributed by atoms with van der Waals surface area (Å²) in [6.45, 7) is 1.39. The number of nitrogens with one attached hydrogen (secondary N) is 3. The Kier molecular flexibility index (Phi) is 8.48. The Morgan fingerprint density at radius 2 is 1.47 bits per heavy atom. The van der Waals surface area contributed by atoms with Crippen LogP contribution < -0.4 is 16.0 Å². The quantitative estimate of drug-likeness (QED) is 0.382. The third-order valence-electron chi connectivity index (χ3n) is 6.70. The fourth-order valence-electron chi connectivity index (χ4n) is 4.71. The van der Waals surface area contributed by atoms with Crippen LogP contribution in [0.15, 0.2) is 78.9 Å². The van der Waals surface area contributed by atoms with Crippen LogP contribution in [0.4, 0.5) is 8.78 Å². The molecule has 4 N–H and O–H groups in total. The van der Waals surface area contributed by atoms with Gasteiger partial charge >= 0.3 is 0 Å². The van der Waals surface area contributed by atoms with Gasteiger partial charge < -0.3 is 21.1 Å². The average Bonchev–Trinajstić information content (AvgIpc) is 3.07. The lowest BCUT2D eigenvalue weighted by Crippen LogP contribution is -2.54. The minimum Gasteiger partial charge on any atom is -0.378 e. The molecule has 3 amide bonds. The van der Waals surface area contributed by atoms with Crippen LogP contribution in [0.3, 0.4) is 0 Å². The summed E-state index contributed by atoms with van der Waals surface area (Å²) in [4.78, 5) is 39.0. The molecule has 1 heterocycles. The van der Waals surface area contributed by atoms with E-state index in [9.17, 15) is 28.3 Å². The second-order valence-corrected chi connectivity index (χ2v) is 9.39. The van der Waals surface area contributed by atoms with Gasteiger partial charge in [-0.3, -0.25) is 14.4 Å². The molecule has 9 heteroatoms. The summed E-state index contributed by atoms with van der Waals surface area (Å²) in [5.41, 5.74) is 1.57. The molecule has 38 heavy (non-hydrogen) atoms. The zero-order valence-corrected chi connectivity index (χ0v) is 20.7. The van der Waals surface area contributed by atoms with Gasteiger partial charge in [-0.2, -0.15) is 0 Å². The largest absolute Gasteiger partial charge is 0.378 e. The van der Waals surface area contributed by atoms with Crippen LogP contribution >= 0.6 is 0 Å². The Bertz CT molecular complexity index is 1270. The second-order valence-electron chi connectivity index (χ2n) is 9.39. The summed E-state index contributed by atoms with van der Waals surface area (Å²) < 4.78 is 27.0. The van der Waals surface area contributed by atoms with Crippen molar-refractivity contribution in [1.29, 1.82) is 0 Å². The molecule has 3 aromatic rings. The van der Waals surface area contributed by atoms with Crippen LogP contribution in [0.25, 0.3) is 0 Å². The highest BCUT2D eigenvalue weighted by atomic mass is 19.1. The number of halogens is 2. The van der Waals surface area contributed by atoms with Crippen LogP contribution in [-0.2, 0) is 14.4 Å². The van der Waals surface area contributed by atoms with E-state index in [0.717, 1.165) is 23.3 Å². The lowest BCUT2D eigenvalue weighted by Gasteiger charge is -2.27. The average molecular weight is 522 g/mol. The van der Waals surface area contributed by atoms with Crippen molar-refractivity contribution < 1.29 is 28.3 Å². The molecule has 1 saturated heterocycles. The molecular formula is C29H29F2N3O4. The van der Waals surface area contributed by atoms with Crippen LogP contribution in [0.5, 0.6) is 0 Å². The molecule has 0 bridgehead atoms. The molecule has 0 saturated carbocycles. The van der Waals surface area contributed by atoms with E-state index in [-0.39, 0.29) is 23.4 Å². The van der Waals surface area contributed by atoms with E-state index in [1.54, 1.807) is 0 Å². The molecule has 0 spiro atoms. The topological polar surface area (TPSA) is 108 Å². The van der Waals surface area contributed by atoms with E-state index in [1.165, 1.54) is 6.92 Å². The van der Waals surface area contributed by atoms with Crippen LogP contribution in [0.1, 0.15) is 54.5 Å². The first-order chi connectivity index (χ1) is 18.2. The maximum atomic E-state index is 13.5. The predicted molar refractivity (Wildman–Crippen MR) is 137 cm³/mol. The van der Waals surface area contributed by atoms with E-state index in [1.807, 2.05) is 60.7 Å². The zero-order valence-electron chi connectivity index (χ0n) is 20.7. The van der Waals surface area contributed by atoms with E-state index in [2.05, 4.69) is 16.0 Å². The summed E-state index contributed by atoms with van der Waals surface area (Å²) in [5, 5.41) is 18.4. The molecule has 5 atom stereocenters. The molecule has 0 radical (unpaired) electrons. The van der Waals surface area contributed by atoms with Gasteiger partial charge in [-0.15, -0.1) is 0 Å². The summed E-state index contributed by atoms with van der Waals surface area (Å²) in [6.07, 6.45) is -0.623. The van der Waals surface area contributed by atoms with Gasteiger partial charge in [0.05, 0.1) is 6.04 Å². The molecule has 1 aliphatic rings. The van der Waals surface area contributed by atoms with Crippen LogP contribution in [0, 0.1) is 11.6 Å². The first kappa shape index (κ1) is 26.9. The Morgan fingerprint density at radius 1 is 0.895 bits per heavy atom. The van der Waals surface area contributed by atoms with Gasteiger partial charge in [0, 0.05) is 12.0 Å². The minimum atomic E-state index is -1.89. The van der Waals surface area contributed by atoms with Gasteiger partial charge in [-0.05, 0) is 48.6 Å². The highest BCUT2D eigenvalue weighted by Crippen LogP contribution is 2.33. The van der Waals surface area contributed by atoms with Gasteiger partial charge in [-0.25, -0.2) is 8.78 Å². The van der Waals surface area contributed by atoms with Crippen LogP contribution in [-0.4, -0.2) is 34.9 Å². The van der Waals surface area contributed by atoms with Gasteiger partial charge in [0.2, 0.25) is 11.8 Å². The lowest BCUT2D eigenvalue weighted by atomic mass is 9.86. The normalized spacial score (nSPS) is 20.9. The monoisotopic (exact) mass is 521 g/mol. The molecule has 0 aromatic heterocycles. The number of aliphatic hydroxyl groups is 1. The van der Waals surface area contributed by atoms with Crippen molar-refractivity contribution in [3.63, 3.8) is 0 Å². The van der Waals surface area contributed by atoms with E-state index in [4.69, 9.17) is 0 Å². The number of benzene rings is 3. The van der Waals surface area contributed by atoms with Gasteiger partial charge in [0.25, 0.3) is 5.91 Å². The molecular weight excluding hydrogens is 492 g/mol. The number of carbonyl (C=O) groups excluding carboxylic acids is 3. The van der Waals surface area contributed by atoms with Crippen molar-refractivity contribution in [2.75, 3.05) is 0 Å². The Morgan fingerprint density at radius 3 is 2.08 bits per heavy atom. The van der Waals surface area contributed by atoms with Crippen LogP contribution in [0.2, 0.25) is 0 Å². The smallest absolute Gasteiger partial charge is 0.254 e. The highest BCUT2D eigenvalue weighted by Gasteiger charge is 2.37. The number of rotatable bonds is 7. The molecule has 198 valence electrons. The fourth-order valence-corrected chi connectivity index (χ4v) is 4.71. The number of amides is 3. The SMILES string of the molecule is C[C@H](NC(=O)[C@H](O)c1cc(F)cc(F)c1)C(=O)N[C@@H]1C(=O)N[C@H](c2ccccc2)CC[C@H]1c1ccccc1. The fraction of sp³-hybridized carbons (Fsp3) is 0.276. The van der Waals surface area contributed by atoms with Gasteiger partial charge in [0.1, 0.15) is 23.7 Å². The third kappa shape index (κ3) is 6.41.